The van der Waals surface area contributed by atoms with Gasteiger partial charge >= 0.3 is 0 Å². The number of rotatable bonds is 2. The molecule has 2 heteroatoms. The van der Waals surface area contributed by atoms with Crippen molar-refractivity contribution in [3.05, 3.63) is 59.2 Å². The van der Waals surface area contributed by atoms with Crippen LogP contribution in [0.1, 0.15) is 16.7 Å². The van der Waals surface area contributed by atoms with E-state index in [9.17, 15) is 0 Å². The van der Waals surface area contributed by atoms with E-state index in [1.54, 1.807) is 0 Å². The molecule has 0 saturated heterocycles. The topological polar surface area (TPSA) is 4.93 Å². The van der Waals surface area contributed by atoms with E-state index in [1.807, 2.05) is 0 Å². The quantitative estimate of drug-likeness (QED) is 0.437. The number of hydrogen-bond donors (Lipinski definition) is 0. The molecule has 1 aliphatic rings. The van der Waals surface area contributed by atoms with E-state index in [-0.39, 0.29) is 0 Å². The van der Waals surface area contributed by atoms with Crippen LogP contribution in [-0.4, -0.2) is 12.6 Å². The Balaban J connectivity index is 2.06. The van der Waals surface area contributed by atoms with Crippen LogP contribution in [0.5, 0.6) is 0 Å². The fourth-order valence-corrected chi connectivity index (χ4v) is 5.04. The molecule has 1 heterocycles. The molecular weight excluding hydrogens is 282 g/mol. The Labute approximate surface area is 133 Å². The van der Waals surface area contributed by atoms with E-state index in [1.165, 1.54) is 45.0 Å². The van der Waals surface area contributed by atoms with Gasteiger partial charge in [-0.25, -0.2) is 0 Å². The highest BCUT2D eigenvalue weighted by molar-refractivity contribution is 6.75. The summed E-state index contributed by atoms with van der Waals surface area (Å²) in [5.41, 5.74) is 8.74. The normalized spacial score (nSPS) is 13.5. The molecule has 3 aromatic rings. The second-order valence-corrected chi connectivity index (χ2v) is 13.3. The van der Waals surface area contributed by atoms with E-state index in [4.69, 9.17) is 0 Å². The Morgan fingerprint density at radius 3 is 2.59 bits per heavy atom. The second kappa shape index (κ2) is 4.59. The molecule has 0 unspecified atom stereocenters. The molecule has 0 spiro atoms. The molecule has 0 aliphatic heterocycles. The fourth-order valence-electron chi connectivity index (χ4n) is 3.76. The molecular formula is C20H23NSi. The summed E-state index contributed by atoms with van der Waals surface area (Å²) in [6, 6.07) is 15.9. The van der Waals surface area contributed by atoms with Gasteiger partial charge in [-0.1, -0.05) is 55.5 Å². The Morgan fingerprint density at radius 2 is 1.82 bits per heavy atom. The van der Waals surface area contributed by atoms with Gasteiger partial charge in [-0.3, -0.25) is 0 Å². The molecule has 1 aromatic heterocycles. The maximum atomic E-state index is 2.61. The van der Waals surface area contributed by atoms with Crippen molar-refractivity contribution in [3.8, 4) is 11.3 Å². The Kier molecular flexibility index (Phi) is 2.89. The van der Waals surface area contributed by atoms with Gasteiger partial charge in [-0.15, -0.1) is 0 Å². The number of fused-ring (bicyclic) bond motifs is 5. The summed E-state index contributed by atoms with van der Waals surface area (Å²) >= 11 is 0. The third-order valence-corrected chi connectivity index (χ3v) is 5.86. The Bertz CT molecular complexity index is 881. The minimum atomic E-state index is -1.19. The predicted octanol–water partition coefficient (Wildman–Crippen LogP) is 5.40. The standard InChI is InChI=1S/C20H23NSi/c1-14-9-10-19-17(11-14)18-12-15-7-5-6-8-16(15)20(18)21(19)13-22(2,3)4/h5-11H,12-13H2,1-4H3. The summed E-state index contributed by atoms with van der Waals surface area (Å²) in [5.74, 6) is 0. The zero-order valence-electron chi connectivity index (χ0n) is 13.9. The molecule has 0 amide bonds. The van der Waals surface area contributed by atoms with Crippen molar-refractivity contribution >= 4 is 19.0 Å². The van der Waals surface area contributed by atoms with Gasteiger partial charge in [0.1, 0.15) is 0 Å². The molecule has 0 fully saturated rings. The highest BCUT2D eigenvalue weighted by atomic mass is 28.3. The van der Waals surface area contributed by atoms with Crippen molar-refractivity contribution < 1.29 is 0 Å². The van der Waals surface area contributed by atoms with Crippen molar-refractivity contribution in [2.45, 2.75) is 39.2 Å². The largest absolute Gasteiger partial charge is 0.343 e. The number of nitrogens with zero attached hydrogens (tertiary/aromatic N) is 1. The highest BCUT2D eigenvalue weighted by Gasteiger charge is 2.28. The van der Waals surface area contributed by atoms with Gasteiger partial charge in [0.2, 0.25) is 0 Å². The summed E-state index contributed by atoms with van der Waals surface area (Å²) in [6.07, 6.45) is 2.28. The predicted molar refractivity (Wildman–Crippen MR) is 98.3 cm³/mol. The van der Waals surface area contributed by atoms with Crippen LogP contribution in [0.15, 0.2) is 42.5 Å². The average molecular weight is 305 g/mol. The lowest BCUT2D eigenvalue weighted by Gasteiger charge is -2.20. The monoisotopic (exact) mass is 305 g/mol. The first-order valence-electron chi connectivity index (χ1n) is 8.14. The van der Waals surface area contributed by atoms with E-state index < -0.39 is 8.07 Å². The van der Waals surface area contributed by atoms with Crippen molar-refractivity contribution in [1.82, 2.24) is 4.57 Å². The first kappa shape index (κ1) is 13.8. The number of hydrogen-bond acceptors (Lipinski definition) is 0. The van der Waals surface area contributed by atoms with Gasteiger partial charge in [0.15, 0.2) is 0 Å². The number of benzene rings is 2. The van der Waals surface area contributed by atoms with Gasteiger partial charge in [0, 0.05) is 29.1 Å². The highest BCUT2D eigenvalue weighted by Crippen LogP contribution is 2.43. The van der Waals surface area contributed by atoms with Gasteiger partial charge in [-0.2, -0.15) is 0 Å². The maximum absolute atomic E-state index is 2.61. The van der Waals surface area contributed by atoms with Crippen LogP contribution in [0.4, 0.5) is 0 Å². The molecule has 0 saturated carbocycles. The molecule has 2 aromatic carbocycles. The third-order valence-electron chi connectivity index (χ3n) is 4.60. The van der Waals surface area contributed by atoms with Crippen LogP contribution in [0, 0.1) is 6.92 Å². The zero-order valence-corrected chi connectivity index (χ0v) is 14.9. The van der Waals surface area contributed by atoms with E-state index in [2.05, 4.69) is 73.6 Å². The number of aromatic nitrogens is 1. The lowest BCUT2D eigenvalue weighted by atomic mass is 10.1. The van der Waals surface area contributed by atoms with Crippen LogP contribution in [0.25, 0.3) is 22.2 Å². The van der Waals surface area contributed by atoms with Crippen molar-refractivity contribution in [2.24, 2.45) is 0 Å². The van der Waals surface area contributed by atoms with Gasteiger partial charge < -0.3 is 4.57 Å². The minimum Gasteiger partial charge on any atom is -0.343 e. The fraction of sp³-hybridized carbons (Fsp3) is 0.300. The van der Waals surface area contributed by atoms with Gasteiger partial charge in [0.05, 0.1) is 13.8 Å². The van der Waals surface area contributed by atoms with Crippen LogP contribution in [0.2, 0.25) is 19.6 Å². The molecule has 0 radical (unpaired) electrons. The molecule has 22 heavy (non-hydrogen) atoms. The summed E-state index contributed by atoms with van der Waals surface area (Å²) in [6.45, 7) is 9.57. The van der Waals surface area contributed by atoms with E-state index >= 15 is 0 Å². The molecule has 0 bridgehead atoms. The van der Waals surface area contributed by atoms with Crippen LogP contribution in [0.3, 0.4) is 0 Å². The Hall–Kier alpha value is -1.80. The van der Waals surface area contributed by atoms with Crippen LogP contribution < -0.4 is 0 Å². The molecule has 1 aliphatic carbocycles. The minimum absolute atomic E-state index is 1.09. The maximum Gasteiger partial charge on any atom is 0.0671 e. The molecule has 0 N–H and O–H groups in total. The average Bonchev–Trinajstić information content (AvgIpc) is 2.94. The Morgan fingerprint density at radius 1 is 1.05 bits per heavy atom. The van der Waals surface area contributed by atoms with Gasteiger partial charge in [-0.05, 0) is 30.2 Å². The summed E-state index contributed by atoms with van der Waals surface area (Å²) in [4.78, 5) is 0. The first-order chi connectivity index (χ1) is 10.4. The van der Waals surface area contributed by atoms with Crippen LogP contribution in [-0.2, 0) is 12.6 Å². The lowest BCUT2D eigenvalue weighted by Crippen LogP contribution is -2.28. The molecule has 112 valence electrons. The van der Waals surface area contributed by atoms with Crippen molar-refractivity contribution in [2.75, 3.05) is 0 Å². The molecule has 1 nitrogen and oxygen atoms in total. The van der Waals surface area contributed by atoms with Crippen molar-refractivity contribution in [3.63, 3.8) is 0 Å². The number of aryl methyl sites for hydroxylation is 1. The van der Waals surface area contributed by atoms with Crippen LogP contribution >= 0.6 is 0 Å². The third kappa shape index (κ3) is 2.05. The van der Waals surface area contributed by atoms with E-state index in [0.717, 1.165) is 6.42 Å². The zero-order chi connectivity index (χ0) is 15.5. The summed E-state index contributed by atoms with van der Waals surface area (Å²) in [7, 11) is -1.19. The summed E-state index contributed by atoms with van der Waals surface area (Å²) in [5, 5.41) is 1.46. The lowest BCUT2D eigenvalue weighted by molar-refractivity contribution is 0.906. The SMILES string of the molecule is Cc1ccc2c(c1)c1c(n2C[Si](C)(C)C)-c2ccccc2C1. The second-order valence-electron chi connectivity index (χ2n) is 7.83. The van der Waals surface area contributed by atoms with E-state index in [0.29, 0.717) is 0 Å². The van der Waals surface area contributed by atoms with Gasteiger partial charge in [0.25, 0.3) is 0 Å². The smallest absolute Gasteiger partial charge is 0.0671 e. The summed E-state index contributed by atoms with van der Waals surface area (Å²) < 4.78 is 2.61. The molecule has 0 atom stereocenters. The molecule has 4 rings (SSSR count). The first-order valence-corrected chi connectivity index (χ1v) is 11.8. The van der Waals surface area contributed by atoms with Crippen molar-refractivity contribution in [1.29, 1.82) is 0 Å².